The Morgan fingerprint density at radius 1 is 1.11 bits per heavy atom. The van der Waals surface area contributed by atoms with E-state index in [1.807, 2.05) is 26.8 Å². The first-order valence-corrected chi connectivity index (χ1v) is 9.05. The fourth-order valence-corrected chi connectivity index (χ4v) is 3.29. The lowest BCUT2D eigenvalue weighted by Crippen LogP contribution is -2.29. The van der Waals surface area contributed by atoms with Crippen LogP contribution in [0.1, 0.15) is 76.4 Å². The Morgan fingerprint density at radius 3 is 2.41 bits per heavy atom. The lowest BCUT2D eigenvalue weighted by Gasteiger charge is -2.22. The minimum Gasteiger partial charge on any atom is -0.321 e. The van der Waals surface area contributed by atoms with Gasteiger partial charge in [-0.25, -0.2) is 0 Å². The van der Waals surface area contributed by atoms with Gasteiger partial charge >= 0.3 is 0 Å². The zero-order chi connectivity index (χ0) is 19.5. The summed E-state index contributed by atoms with van der Waals surface area (Å²) in [5.41, 5.74) is 2.25. The average molecular weight is 366 g/mol. The van der Waals surface area contributed by atoms with Crippen molar-refractivity contribution < 1.29 is 14.4 Å². The fraction of sp³-hybridized carbons (Fsp3) is 0.400. The van der Waals surface area contributed by atoms with Crippen molar-refractivity contribution in [2.45, 2.75) is 45.1 Å². The van der Waals surface area contributed by atoms with Gasteiger partial charge in [-0.05, 0) is 57.9 Å². The first-order valence-electron chi connectivity index (χ1n) is 9.05. The third-order valence-corrected chi connectivity index (χ3v) is 4.94. The first-order chi connectivity index (χ1) is 12.7. The van der Waals surface area contributed by atoms with Crippen LogP contribution in [-0.4, -0.2) is 39.4 Å². The summed E-state index contributed by atoms with van der Waals surface area (Å²) in [7, 11) is 1.45. The predicted octanol–water partition coefficient (Wildman–Crippen LogP) is 2.99. The van der Waals surface area contributed by atoms with Gasteiger partial charge in [0.25, 0.3) is 17.7 Å². The van der Waals surface area contributed by atoms with Gasteiger partial charge in [-0.3, -0.25) is 24.0 Å². The van der Waals surface area contributed by atoms with Gasteiger partial charge in [0, 0.05) is 18.7 Å². The van der Waals surface area contributed by atoms with Crippen molar-refractivity contribution in [3.8, 4) is 0 Å². The number of fused-ring (bicyclic) bond motifs is 1. The zero-order valence-electron chi connectivity index (χ0n) is 15.9. The summed E-state index contributed by atoms with van der Waals surface area (Å²) in [6.45, 7) is 6.01. The summed E-state index contributed by atoms with van der Waals surface area (Å²) in [5, 5.41) is 7.49. The lowest BCUT2D eigenvalue weighted by molar-refractivity contribution is 0.0692. The highest BCUT2D eigenvalue weighted by Gasteiger charge is 2.34. The SMILES string of the molecule is CN1C(=O)c2ccc(NC(=O)c3cc(C4CC4)nn3C(C)(C)C)cc2C1=O. The Bertz CT molecular complexity index is 980. The maximum Gasteiger partial charge on any atom is 0.273 e. The second-order valence-electron chi connectivity index (χ2n) is 8.20. The number of benzene rings is 1. The summed E-state index contributed by atoms with van der Waals surface area (Å²) in [5.74, 6) is -0.525. The van der Waals surface area contributed by atoms with Crippen LogP contribution < -0.4 is 5.32 Å². The first kappa shape index (κ1) is 17.5. The van der Waals surface area contributed by atoms with Crippen LogP contribution in [0.4, 0.5) is 5.69 Å². The Kier molecular flexibility index (Phi) is 3.73. The molecule has 0 spiro atoms. The quantitative estimate of drug-likeness (QED) is 0.847. The summed E-state index contributed by atoms with van der Waals surface area (Å²) in [6.07, 6.45) is 2.22. The highest BCUT2D eigenvalue weighted by atomic mass is 16.2. The molecule has 1 aromatic heterocycles. The molecular formula is C20H22N4O3. The molecule has 1 N–H and O–H groups in total. The number of nitrogens with zero attached hydrogens (tertiary/aromatic N) is 3. The number of amides is 3. The minimum atomic E-state index is -0.359. The molecule has 1 fully saturated rings. The van der Waals surface area contributed by atoms with E-state index < -0.39 is 0 Å². The van der Waals surface area contributed by atoms with Crippen molar-refractivity contribution >= 4 is 23.4 Å². The number of aromatic nitrogens is 2. The monoisotopic (exact) mass is 366 g/mol. The van der Waals surface area contributed by atoms with Crippen LogP contribution in [0.15, 0.2) is 24.3 Å². The summed E-state index contributed by atoms with van der Waals surface area (Å²) in [6, 6.07) is 6.62. The molecule has 0 atom stereocenters. The van der Waals surface area contributed by atoms with E-state index in [-0.39, 0.29) is 23.3 Å². The number of hydrogen-bond acceptors (Lipinski definition) is 4. The van der Waals surface area contributed by atoms with Crippen molar-refractivity contribution in [1.29, 1.82) is 0 Å². The van der Waals surface area contributed by atoms with E-state index in [0.717, 1.165) is 23.4 Å². The van der Waals surface area contributed by atoms with Crippen LogP contribution >= 0.6 is 0 Å². The predicted molar refractivity (Wildman–Crippen MR) is 100 cm³/mol. The van der Waals surface area contributed by atoms with Crippen LogP contribution in [0, 0.1) is 0 Å². The molecule has 1 saturated carbocycles. The second-order valence-corrected chi connectivity index (χ2v) is 8.20. The molecule has 27 heavy (non-hydrogen) atoms. The average Bonchev–Trinajstić information content (AvgIpc) is 3.31. The van der Waals surface area contributed by atoms with E-state index in [1.54, 1.807) is 22.9 Å². The van der Waals surface area contributed by atoms with Gasteiger partial charge in [0.2, 0.25) is 0 Å². The Balaban J connectivity index is 1.64. The summed E-state index contributed by atoms with van der Waals surface area (Å²) < 4.78 is 1.76. The van der Waals surface area contributed by atoms with E-state index in [1.165, 1.54) is 7.05 Å². The highest BCUT2D eigenvalue weighted by molar-refractivity contribution is 6.21. The van der Waals surface area contributed by atoms with Gasteiger partial charge < -0.3 is 5.32 Å². The molecule has 2 heterocycles. The van der Waals surface area contributed by atoms with Crippen LogP contribution in [0.5, 0.6) is 0 Å². The Labute approximate surface area is 157 Å². The van der Waals surface area contributed by atoms with E-state index in [9.17, 15) is 14.4 Å². The van der Waals surface area contributed by atoms with Gasteiger partial charge in [0.1, 0.15) is 5.69 Å². The molecule has 1 aliphatic heterocycles. The maximum absolute atomic E-state index is 12.9. The molecule has 2 aliphatic rings. The van der Waals surface area contributed by atoms with Crippen molar-refractivity contribution in [1.82, 2.24) is 14.7 Å². The van der Waals surface area contributed by atoms with Crippen molar-refractivity contribution in [3.05, 3.63) is 46.8 Å². The molecule has 3 amide bonds. The number of imide groups is 1. The second kappa shape index (κ2) is 5.77. The zero-order valence-corrected chi connectivity index (χ0v) is 15.9. The molecule has 7 nitrogen and oxygen atoms in total. The molecule has 4 rings (SSSR count). The summed E-state index contributed by atoms with van der Waals surface area (Å²) >= 11 is 0. The molecule has 7 heteroatoms. The normalized spacial score (nSPS) is 16.7. The maximum atomic E-state index is 12.9. The Hall–Kier alpha value is -2.96. The third-order valence-electron chi connectivity index (χ3n) is 4.94. The molecule has 1 aromatic carbocycles. The van der Waals surface area contributed by atoms with Gasteiger partial charge in [0.05, 0.1) is 22.4 Å². The number of nitrogens with one attached hydrogen (secondary N) is 1. The van der Waals surface area contributed by atoms with Crippen molar-refractivity contribution in [2.24, 2.45) is 0 Å². The topological polar surface area (TPSA) is 84.3 Å². The summed E-state index contributed by atoms with van der Waals surface area (Å²) in [4.78, 5) is 38.1. The molecule has 2 aromatic rings. The molecule has 0 radical (unpaired) electrons. The highest BCUT2D eigenvalue weighted by Crippen LogP contribution is 2.40. The smallest absolute Gasteiger partial charge is 0.273 e. The molecule has 0 unspecified atom stereocenters. The number of rotatable bonds is 3. The van der Waals surface area contributed by atoms with Gasteiger partial charge in [0.15, 0.2) is 0 Å². The van der Waals surface area contributed by atoms with Crippen LogP contribution in [0.3, 0.4) is 0 Å². The third kappa shape index (κ3) is 2.93. The molecule has 0 bridgehead atoms. The Morgan fingerprint density at radius 2 is 1.78 bits per heavy atom. The molecule has 1 aliphatic carbocycles. The minimum absolute atomic E-state index is 0.283. The number of hydrogen-bond donors (Lipinski definition) is 1. The largest absolute Gasteiger partial charge is 0.321 e. The molecule has 140 valence electrons. The van der Waals surface area contributed by atoms with E-state index in [4.69, 9.17) is 0 Å². The lowest BCUT2D eigenvalue weighted by atomic mass is 10.1. The van der Waals surface area contributed by atoms with E-state index in [0.29, 0.717) is 28.4 Å². The van der Waals surface area contributed by atoms with Crippen LogP contribution in [-0.2, 0) is 5.54 Å². The van der Waals surface area contributed by atoms with Crippen LogP contribution in [0.2, 0.25) is 0 Å². The van der Waals surface area contributed by atoms with E-state index >= 15 is 0 Å². The molecular weight excluding hydrogens is 344 g/mol. The fourth-order valence-electron chi connectivity index (χ4n) is 3.29. The number of carbonyl (C=O) groups is 3. The van der Waals surface area contributed by atoms with Gasteiger partial charge in [-0.1, -0.05) is 0 Å². The van der Waals surface area contributed by atoms with Crippen molar-refractivity contribution in [3.63, 3.8) is 0 Å². The van der Waals surface area contributed by atoms with E-state index in [2.05, 4.69) is 10.4 Å². The van der Waals surface area contributed by atoms with Crippen molar-refractivity contribution in [2.75, 3.05) is 12.4 Å². The number of carbonyl (C=O) groups excluding carboxylic acids is 3. The van der Waals surface area contributed by atoms with Gasteiger partial charge in [-0.15, -0.1) is 0 Å². The van der Waals surface area contributed by atoms with Crippen LogP contribution in [0.25, 0.3) is 0 Å². The molecule has 0 saturated heterocycles. The standard InChI is InChI=1S/C20H22N4O3/c1-20(2,3)24-16(10-15(22-24)11-5-6-11)17(25)21-12-7-8-13-14(9-12)19(27)23(4)18(13)26/h7-11H,5-6H2,1-4H3,(H,21,25). The number of anilines is 1. The van der Waals surface area contributed by atoms with Gasteiger partial charge in [-0.2, -0.15) is 5.10 Å².